The molecule has 2 aromatic rings. The predicted molar refractivity (Wildman–Crippen MR) is 109 cm³/mol. The fourth-order valence-corrected chi connectivity index (χ4v) is 2.81. The summed E-state index contributed by atoms with van der Waals surface area (Å²) in [6, 6.07) is 13.1. The van der Waals surface area contributed by atoms with Crippen LogP contribution in [-0.2, 0) is 19.6 Å². The molecule has 0 fully saturated rings. The highest BCUT2D eigenvalue weighted by molar-refractivity contribution is 7.92. The summed E-state index contributed by atoms with van der Waals surface area (Å²) < 4.78 is 29.9. The lowest BCUT2D eigenvalue weighted by molar-refractivity contribution is -0.122. The van der Waals surface area contributed by atoms with Gasteiger partial charge in [-0.15, -0.1) is 0 Å². The van der Waals surface area contributed by atoms with Crippen molar-refractivity contribution in [3.63, 3.8) is 0 Å². The van der Waals surface area contributed by atoms with E-state index >= 15 is 0 Å². The van der Waals surface area contributed by atoms with Gasteiger partial charge in [-0.3, -0.25) is 13.9 Å². The van der Waals surface area contributed by atoms with Gasteiger partial charge < -0.3 is 15.4 Å². The molecular weight excluding hydrogens is 382 g/mol. The Hall–Kier alpha value is -3.07. The van der Waals surface area contributed by atoms with E-state index in [1.165, 1.54) is 14.0 Å². The number of anilines is 3. The van der Waals surface area contributed by atoms with E-state index in [9.17, 15) is 18.0 Å². The Balaban J connectivity index is 2.00. The second-order valence-corrected chi connectivity index (χ2v) is 8.25. The molecule has 0 aliphatic heterocycles. The minimum Gasteiger partial charge on any atom is -0.481 e. The van der Waals surface area contributed by atoms with Crippen LogP contribution in [0.1, 0.15) is 13.8 Å². The van der Waals surface area contributed by atoms with E-state index in [0.29, 0.717) is 22.8 Å². The molecule has 0 unspecified atom stereocenters. The van der Waals surface area contributed by atoms with Crippen molar-refractivity contribution in [3.05, 3.63) is 48.5 Å². The summed E-state index contributed by atoms with van der Waals surface area (Å²) in [6.07, 6.45) is 0.327. The largest absolute Gasteiger partial charge is 0.481 e. The second kappa shape index (κ2) is 8.75. The van der Waals surface area contributed by atoms with Crippen LogP contribution in [0.25, 0.3) is 0 Å². The molecule has 0 aliphatic carbocycles. The van der Waals surface area contributed by atoms with Gasteiger partial charge in [0.05, 0.1) is 11.9 Å². The normalized spacial score (nSPS) is 12.0. The fourth-order valence-electron chi connectivity index (χ4n) is 2.31. The van der Waals surface area contributed by atoms with E-state index in [-0.39, 0.29) is 11.8 Å². The van der Waals surface area contributed by atoms with Gasteiger partial charge in [-0.1, -0.05) is 6.07 Å². The first-order valence-corrected chi connectivity index (χ1v) is 10.3. The maximum Gasteiger partial charge on any atom is 0.265 e. The van der Waals surface area contributed by atoms with Gasteiger partial charge in [0.2, 0.25) is 15.9 Å². The number of hydrogen-bond donors (Lipinski definition) is 2. The molecule has 0 saturated heterocycles. The number of nitrogens with zero attached hydrogens (tertiary/aromatic N) is 1. The number of rotatable bonds is 7. The lowest BCUT2D eigenvalue weighted by Gasteiger charge is -2.18. The Morgan fingerprint density at radius 3 is 2.14 bits per heavy atom. The Kier molecular flexibility index (Phi) is 6.63. The van der Waals surface area contributed by atoms with E-state index in [4.69, 9.17) is 4.74 Å². The van der Waals surface area contributed by atoms with Crippen molar-refractivity contribution in [1.82, 2.24) is 0 Å². The molecule has 0 spiro atoms. The molecule has 0 saturated carbocycles. The summed E-state index contributed by atoms with van der Waals surface area (Å²) >= 11 is 0. The Bertz CT molecular complexity index is 958. The molecule has 8 nitrogen and oxygen atoms in total. The van der Waals surface area contributed by atoms with Crippen LogP contribution in [0, 0.1) is 0 Å². The van der Waals surface area contributed by atoms with Crippen molar-refractivity contribution < 1.29 is 22.7 Å². The van der Waals surface area contributed by atoms with Crippen LogP contribution in [0.15, 0.2) is 48.5 Å². The van der Waals surface area contributed by atoms with E-state index in [1.807, 2.05) is 0 Å². The highest BCUT2D eigenvalue weighted by atomic mass is 32.2. The first-order valence-electron chi connectivity index (χ1n) is 8.45. The van der Waals surface area contributed by atoms with Crippen LogP contribution >= 0.6 is 0 Å². The Morgan fingerprint density at radius 2 is 1.61 bits per heavy atom. The fraction of sp³-hybridized carbons (Fsp3) is 0.263. The molecule has 0 bridgehead atoms. The Labute approximate surface area is 164 Å². The van der Waals surface area contributed by atoms with Crippen LogP contribution in [0.3, 0.4) is 0 Å². The van der Waals surface area contributed by atoms with Gasteiger partial charge in [0.15, 0.2) is 6.10 Å². The van der Waals surface area contributed by atoms with Crippen molar-refractivity contribution in [2.24, 2.45) is 0 Å². The van der Waals surface area contributed by atoms with Crippen molar-refractivity contribution in [2.75, 3.05) is 28.2 Å². The van der Waals surface area contributed by atoms with Gasteiger partial charge in [-0.25, -0.2) is 8.42 Å². The smallest absolute Gasteiger partial charge is 0.265 e. The minimum absolute atomic E-state index is 0.204. The zero-order valence-corrected chi connectivity index (χ0v) is 16.9. The van der Waals surface area contributed by atoms with Crippen LogP contribution in [0.4, 0.5) is 17.1 Å². The molecule has 0 radical (unpaired) electrons. The van der Waals surface area contributed by atoms with Gasteiger partial charge in [0.25, 0.3) is 5.91 Å². The third-order valence-corrected chi connectivity index (χ3v) is 5.04. The zero-order valence-electron chi connectivity index (χ0n) is 16.1. The molecule has 150 valence electrons. The molecule has 0 aliphatic rings. The highest BCUT2D eigenvalue weighted by Gasteiger charge is 2.16. The summed E-state index contributed by atoms with van der Waals surface area (Å²) in [5.41, 5.74) is 1.59. The number of nitrogens with one attached hydrogen (secondary N) is 2. The van der Waals surface area contributed by atoms with E-state index in [0.717, 1.165) is 10.6 Å². The highest BCUT2D eigenvalue weighted by Crippen LogP contribution is 2.21. The molecule has 0 heterocycles. The predicted octanol–water partition coefficient (Wildman–Crippen LogP) is 2.45. The molecule has 2 rings (SSSR count). The summed E-state index contributed by atoms with van der Waals surface area (Å²) in [5, 5.41) is 5.37. The lowest BCUT2D eigenvalue weighted by atomic mass is 10.2. The molecule has 9 heteroatoms. The average Bonchev–Trinajstić information content (AvgIpc) is 2.60. The van der Waals surface area contributed by atoms with Crippen molar-refractivity contribution in [3.8, 4) is 5.75 Å². The lowest BCUT2D eigenvalue weighted by Crippen LogP contribution is -2.30. The summed E-state index contributed by atoms with van der Waals surface area (Å²) in [4.78, 5) is 23.5. The van der Waals surface area contributed by atoms with Crippen LogP contribution in [0.2, 0.25) is 0 Å². The van der Waals surface area contributed by atoms with E-state index in [1.54, 1.807) is 55.5 Å². The molecule has 1 atom stereocenters. The second-order valence-electron chi connectivity index (χ2n) is 6.24. The number of amides is 2. The van der Waals surface area contributed by atoms with E-state index < -0.39 is 16.1 Å². The quantitative estimate of drug-likeness (QED) is 0.736. The van der Waals surface area contributed by atoms with Gasteiger partial charge in [0.1, 0.15) is 5.75 Å². The third-order valence-electron chi connectivity index (χ3n) is 3.83. The molecule has 2 amide bonds. The summed E-state index contributed by atoms with van der Waals surface area (Å²) in [6.45, 7) is 3.00. The van der Waals surface area contributed by atoms with Gasteiger partial charge in [-0.2, -0.15) is 0 Å². The maximum absolute atomic E-state index is 12.3. The van der Waals surface area contributed by atoms with Gasteiger partial charge >= 0.3 is 0 Å². The number of hydrogen-bond acceptors (Lipinski definition) is 5. The minimum atomic E-state index is -3.35. The summed E-state index contributed by atoms with van der Waals surface area (Å²) in [5.74, 6) is -0.136. The first kappa shape index (κ1) is 21.2. The monoisotopic (exact) mass is 405 g/mol. The molecule has 28 heavy (non-hydrogen) atoms. The van der Waals surface area contributed by atoms with Gasteiger partial charge in [0, 0.05) is 25.3 Å². The number of sulfonamides is 1. The van der Waals surface area contributed by atoms with Crippen molar-refractivity contribution >= 4 is 38.9 Å². The number of carbonyl (C=O) groups is 2. The van der Waals surface area contributed by atoms with Crippen molar-refractivity contribution in [1.29, 1.82) is 0 Å². The number of benzene rings is 2. The van der Waals surface area contributed by atoms with Crippen LogP contribution in [-0.4, -0.2) is 39.6 Å². The molecular formula is C19H23N3O5S. The SMILES string of the molecule is CC(=O)Nc1cccc(NC(=O)[C@H](C)Oc2ccc(N(C)S(C)(=O)=O)cc2)c1. The van der Waals surface area contributed by atoms with Crippen LogP contribution in [0.5, 0.6) is 5.75 Å². The average molecular weight is 405 g/mol. The zero-order chi connectivity index (χ0) is 20.9. The number of ether oxygens (including phenoxy) is 1. The third kappa shape index (κ3) is 5.98. The molecule has 2 N–H and O–H groups in total. The maximum atomic E-state index is 12.3. The standard InChI is InChI=1S/C19H23N3O5S/c1-13(19(24)21-16-7-5-6-15(12-16)20-14(2)23)27-18-10-8-17(9-11-18)22(3)28(4,25)26/h5-13H,1-4H3,(H,20,23)(H,21,24)/t13-/m0/s1. The van der Waals surface area contributed by atoms with E-state index in [2.05, 4.69) is 10.6 Å². The molecule has 2 aromatic carbocycles. The molecule has 0 aromatic heterocycles. The van der Waals surface area contributed by atoms with Crippen molar-refractivity contribution in [2.45, 2.75) is 20.0 Å². The topological polar surface area (TPSA) is 105 Å². The Morgan fingerprint density at radius 1 is 1.04 bits per heavy atom. The van der Waals surface area contributed by atoms with Crippen LogP contribution < -0.4 is 19.7 Å². The van der Waals surface area contributed by atoms with Gasteiger partial charge in [-0.05, 0) is 49.4 Å². The number of carbonyl (C=O) groups excluding carboxylic acids is 2. The summed E-state index contributed by atoms with van der Waals surface area (Å²) in [7, 11) is -1.89. The first-order chi connectivity index (χ1) is 13.1.